The Bertz CT molecular complexity index is 295. The van der Waals surface area contributed by atoms with Crippen LogP contribution in [0, 0.1) is 0 Å². The second kappa shape index (κ2) is 5.90. The van der Waals surface area contributed by atoms with Crippen LogP contribution in [0.2, 0.25) is 0 Å². The minimum atomic E-state index is 0.842. The monoisotopic (exact) mass is 182 g/mol. The van der Waals surface area contributed by atoms with Gasteiger partial charge in [-0.1, -0.05) is 0 Å². The Morgan fingerprint density at radius 2 is 1.93 bits per heavy atom. The van der Waals surface area contributed by atoms with Crippen LogP contribution in [0.15, 0.2) is 35.3 Å². The van der Waals surface area contributed by atoms with Gasteiger partial charge >= 0.3 is 95.1 Å². The maximum atomic E-state index is 4.41. The van der Waals surface area contributed by atoms with Gasteiger partial charge in [-0.15, -0.1) is 0 Å². The number of para-hydroxylation sites is 1. The van der Waals surface area contributed by atoms with Crippen molar-refractivity contribution in [3.8, 4) is 0 Å². The molecular weight excluding hydrogens is 167 g/mol. The molecule has 0 spiro atoms. The van der Waals surface area contributed by atoms with E-state index in [1.807, 2.05) is 6.07 Å². The van der Waals surface area contributed by atoms with Gasteiger partial charge < -0.3 is 0 Å². The Morgan fingerprint density at radius 1 is 1.29 bits per heavy atom. The third-order valence-corrected chi connectivity index (χ3v) is 2.16. The van der Waals surface area contributed by atoms with Gasteiger partial charge in [0.05, 0.1) is 0 Å². The number of hydrogen-bond acceptors (Lipinski definition) is 1. The van der Waals surface area contributed by atoms with Crippen LogP contribution in [0.1, 0.15) is 13.8 Å². The molecule has 14 heavy (non-hydrogen) atoms. The van der Waals surface area contributed by atoms with Gasteiger partial charge in [0.25, 0.3) is 0 Å². The SMILES string of the molecule is [Li][C](=NCC)N(CC)c1ccccc1. The summed E-state index contributed by atoms with van der Waals surface area (Å²) in [6.07, 6.45) is 0. The van der Waals surface area contributed by atoms with Crippen molar-refractivity contribution in [3.05, 3.63) is 30.3 Å². The summed E-state index contributed by atoms with van der Waals surface area (Å²) in [7, 11) is 0. The van der Waals surface area contributed by atoms with Crippen molar-refractivity contribution in [1.29, 1.82) is 0 Å². The zero-order valence-electron chi connectivity index (χ0n) is 9.20. The first kappa shape index (κ1) is 11.4. The van der Waals surface area contributed by atoms with E-state index in [0.717, 1.165) is 17.6 Å². The Morgan fingerprint density at radius 3 is 2.43 bits per heavy atom. The molecule has 3 heteroatoms. The summed E-state index contributed by atoms with van der Waals surface area (Å²) in [4.78, 5) is 6.63. The van der Waals surface area contributed by atoms with Crippen molar-refractivity contribution in [2.24, 2.45) is 4.99 Å². The summed E-state index contributed by atoms with van der Waals surface area (Å²) in [5.74, 6) is 0. The molecule has 0 radical (unpaired) electrons. The molecule has 0 aromatic heterocycles. The molecule has 0 fully saturated rings. The van der Waals surface area contributed by atoms with Crippen LogP contribution < -0.4 is 4.90 Å². The van der Waals surface area contributed by atoms with E-state index in [9.17, 15) is 0 Å². The van der Waals surface area contributed by atoms with Gasteiger partial charge in [0.15, 0.2) is 0 Å². The Kier molecular flexibility index (Phi) is 4.79. The standard InChI is InChI=1S/C11H15N2.Li/c1-3-12-10-13(4-2)11-8-6-5-7-9-11;/h5-9H,3-4H2,1-2H3;. The molecule has 0 aliphatic heterocycles. The van der Waals surface area contributed by atoms with Crippen molar-refractivity contribution in [2.45, 2.75) is 13.8 Å². The molecule has 2 nitrogen and oxygen atoms in total. The molecule has 0 saturated carbocycles. The number of anilines is 1. The van der Waals surface area contributed by atoms with Gasteiger partial charge in [-0.25, -0.2) is 0 Å². The summed E-state index contributed by atoms with van der Waals surface area (Å²) < 4.78 is 1.08. The first-order valence-electron chi connectivity index (χ1n) is 5.13. The van der Waals surface area contributed by atoms with Crippen molar-refractivity contribution in [2.75, 3.05) is 18.0 Å². The molecular formula is C11H15LiN2. The summed E-state index contributed by atoms with van der Waals surface area (Å²) >= 11 is 2.06. The van der Waals surface area contributed by atoms with Crippen molar-refractivity contribution in [3.63, 3.8) is 0 Å². The summed E-state index contributed by atoms with van der Waals surface area (Å²) in [5, 5.41) is 0. The van der Waals surface area contributed by atoms with Crippen molar-refractivity contribution in [1.82, 2.24) is 0 Å². The third kappa shape index (κ3) is 2.90. The predicted molar refractivity (Wildman–Crippen MR) is 63.2 cm³/mol. The van der Waals surface area contributed by atoms with Crippen molar-refractivity contribution < 1.29 is 0 Å². The first-order chi connectivity index (χ1) is 6.79. The van der Waals surface area contributed by atoms with Crippen LogP contribution in [0.5, 0.6) is 0 Å². The van der Waals surface area contributed by atoms with Crippen LogP contribution in [0.4, 0.5) is 5.69 Å². The van der Waals surface area contributed by atoms with E-state index in [1.54, 1.807) is 0 Å². The molecule has 0 bridgehead atoms. The Balaban J connectivity index is 2.88. The molecule has 0 aliphatic rings. The van der Waals surface area contributed by atoms with Gasteiger partial charge in [0.1, 0.15) is 0 Å². The second-order valence-electron chi connectivity index (χ2n) is 3.10. The molecule has 0 saturated heterocycles. The molecule has 0 aliphatic carbocycles. The van der Waals surface area contributed by atoms with E-state index in [1.165, 1.54) is 5.69 Å². The number of hydrogen-bond donors (Lipinski definition) is 0. The fourth-order valence-corrected chi connectivity index (χ4v) is 1.52. The molecule has 0 N–H and O–H groups in total. The van der Waals surface area contributed by atoms with Crippen LogP contribution >= 0.6 is 0 Å². The molecule has 0 atom stereocenters. The molecule has 1 rings (SSSR count). The molecule has 0 amide bonds. The average molecular weight is 182 g/mol. The van der Waals surface area contributed by atoms with E-state index in [4.69, 9.17) is 0 Å². The van der Waals surface area contributed by atoms with Crippen molar-refractivity contribution >= 4 is 27.9 Å². The van der Waals surface area contributed by atoms with Gasteiger partial charge in [-0.3, -0.25) is 0 Å². The first-order valence-corrected chi connectivity index (χ1v) is 5.13. The molecule has 0 unspecified atom stereocenters. The number of amidine groups is 1. The molecule has 70 valence electrons. The predicted octanol–water partition coefficient (Wildman–Crippen LogP) is 2.06. The van der Waals surface area contributed by atoms with Gasteiger partial charge in [0.2, 0.25) is 0 Å². The number of benzene rings is 1. The van der Waals surface area contributed by atoms with E-state index in [0.29, 0.717) is 0 Å². The second-order valence-corrected chi connectivity index (χ2v) is 3.10. The topological polar surface area (TPSA) is 15.6 Å². The van der Waals surface area contributed by atoms with E-state index < -0.39 is 0 Å². The summed E-state index contributed by atoms with van der Waals surface area (Å²) in [5.41, 5.74) is 1.21. The maximum absolute atomic E-state index is 4.41. The average Bonchev–Trinajstić information content (AvgIpc) is 2.21. The molecule has 1 aromatic rings. The van der Waals surface area contributed by atoms with Gasteiger partial charge in [0, 0.05) is 0 Å². The normalized spacial score (nSPS) is 11.6. The van der Waals surface area contributed by atoms with Crippen LogP contribution in [0.3, 0.4) is 0 Å². The van der Waals surface area contributed by atoms with Gasteiger partial charge in [-0.05, 0) is 0 Å². The summed E-state index contributed by atoms with van der Waals surface area (Å²) in [6.45, 7) is 6.00. The number of rotatable bonds is 3. The van der Waals surface area contributed by atoms with E-state index in [2.05, 4.69) is 65.7 Å². The van der Waals surface area contributed by atoms with Crippen LogP contribution in [0.25, 0.3) is 0 Å². The Hall–Kier alpha value is -0.713. The van der Waals surface area contributed by atoms with E-state index >= 15 is 0 Å². The zero-order chi connectivity index (χ0) is 10.4. The van der Waals surface area contributed by atoms with Crippen LogP contribution in [-0.2, 0) is 0 Å². The summed E-state index contributed by atoms with van der Waals surface area (Å²) in [6, 6.07) is 10.4. The Labute approximate surface area is 95.2 Å². The number of aliphatic imine (C=N–C) groups is 1. The fourth-order valence-electron chi connectivity index (χ4n) is 1.52. The zero-order valence-corrected chi connectivity index (χ0v) is 9.20. The molecule has 0 heterocycles. The van der Waals surface area contributed by atoms with Crippen LogP contribution in [-0.4, -0.2) is 35.3 Å². The minimum absolute atomic E-state index is 0.842. The third-order valence-electron chi connectivity index (χ3n) is 2.16. The molecule has 1 aromatic carbocycles. The number of nitrogens with zero attached hydrogens (tertiary/aromatic N) is 2. The fraction of sp³-hybridized carbons (Fsp3) is 0.364. The van der Waals surface area contributed by atoms with Gasteiger partial charge in [-0.2, -0.15) is 0 Å². The quantitative estimate of drug-likeness (QED) is 0.397. The van der Waals surface area contributed by atoms with E-state index in [-0.39, 0.29) is 0 Å².